The second kappa shape index (κ2) is 4.61. The van der Waals surface area contributed by atoms with Gasteiger partial charge in [0.1, 0.15) is 11.8 Å². The smallest absolute Gasteiger partial charge is 0.329 e. The zero-order chi connectivity index (χ0) is 12.2. The van der Waals surface area contributed by atoms with E-state index in [2.05, 4.69) is 5.32 Å². The number of carboxylic acids is 1. The molecule has 0 aromatic carbocycles. The van der Waals surface area contributed by atoms with E-state index < -0.39 is 17.4 Å². The lowest BCUT2D eigenvalue weighted by molar-refractivity contribution is -0.144. The fraction of sp³-hybridized carbons (Fsp3) is 0.300. The van der Waals surface area contributed by atoms with Crippen LogP contribution in [0.15, 0.2) is 22.8 Å². The van der Waals surface area contributed by atoms with Crippen LogP contribution in [0.4, 0.5) is 0 Å². The van der Waals surface area contributed by atoms with E-state index in [9.17, 15) is 14.4 Å². The minimum absolute atomic E-state index is 0.00151. The molecule has 0 aliphatic rings. The quantitative estimate of drug-likeness (QED) is 0.709. The van der Waals surface area contributed by atoms with Gasteiger partial charge in [-0.15, -0.1) is 0 Å². The average molecular weight is 225 g/mol. The lowest BCUT2D eigenvalue weighted by Gasteiger charge is -2.23. The number of carbonyl (C=O) groups excluding carboxylic acids is 2. The molecule has 1 aromatic heterocycles. The number of amides is 1. The largest absolute Gasteiger partial charge is 0.480 e. The van der Waals surface area contributed by atoms with Crippen LogP contribution in [0.5, 0.6) is 0 Å². The highest BCUT2D eigenvalue weighted by atomic mass is 16.4. The highest BCUT2D eigenvalue weighted by molar-refractivity contribution is 5.96. The van der Waals surface area contributed by atoms with Crippen LogP contribution in [0.2, 0.25) is 0 Å². The van der Waals surface area contributed by atoms with Crippen LogP contribution in [0.25, 0.3) is 0 Å². The Morgan fingerprint density at radius 1 is 1.62 bits per heavy atom. The predicted molar refractivity (Wildman–Crippen MR) is 52.9 cm³/mol. The van der Waals surface area contributed by atoms with Gasteiger partial charge in [-0.25, -0.2) is 4.79 Å². The summed E-state index contributed by atoms with van der Waals surface area (Å²) in [5.74, 6) is -1.95. The second-order valence-corrected chi connectivity index (χ2v) is 3.44. The van der Waals surface area contributed by atoms with Gasteiger partial charge in [0.25, 0.3) is 5.91 Å². The second-order valence-electron chi connectivity index (χ2n) is 3.44. The number of hydrogen-bond acceptors (Lipinski definition) is 4. The number of carboxylic acid groups (broad SMARTS) is 1. The fourth-order valence-corrected chi connectivity index (χ4v) is 1.08. The molecule has 0 saturated heterocycles. The van der Waals surface area contributed by atoms with Crippen molar-refractivity contribution in [3.8, 4) is 0 Å². The van der Waals surface area contributed by atoms with Gasteiger partial charge < -0.3 is 19.6 Å². The van der Waals surface area contributed by atoms with Crippen molar-refractivity contribution in [1.29, 1.82) is 0 Å². The third kappa shape index (κ3) is 2.47. The van der Waals surface area contributed by atoms with Gasteiger partial charge in [0.15, 0.2) is 5.76 Å². The Morgan fingerprint density at radius 3 is 2.75 bits per heavy atom. The summed E-state index contributed by atoms with van der Waals surface area (Å²) in [6, 6.07) is 2.91. The predicted octanol–water partition coefficient (Wildman–Crippen LogP) is 0.442. The van der Waals surface area contributed by atoms with Gasteiger partial charge >= 0.3 is 5.97 Å². The van der Waals surface area contributed by atoms with Crippen LogP contribution >= 0.6 is 0 Å². The molecule has 0 spiro atoms. The first-order valence-electron chi connectivity index (χ1n) is 4.52. The van der Waals surface area contributed by atoms with Crippen molar-refractivity contribution in [3.63, 3.8) is 0 Å². The molecule has 1 amide bonds. The Labute approximate surface area is 91.2 Å². The molecule has 1 rings (SSSR count). The van der Waals surface area contributed by atoms with Gasteiger partial charge in [-0.1, -0.05) is 0 Å². The summed E-state index contributed by atoms with van der Waals surface area (Å²) in [6.45, 7) is 1.25. The lowest BCUT2D eigenvalue weighted by Crippen LogP contribution is -2.52. The number of aldehydes is 1. The van der Waals surface area contributed by atoms with E-state index in [1.54, 1.807) is 0 Å². The highest BCUT2D eigenvalue weighted by Crippen LogP contribution is 2.10. The molecule has 0 bridgehead atoms. The van der Waals surface area contributed by atoms with Gasteiger partial charge in [0, 0.05) is 6.42 Å². The standard InChI is InChI=1S/C10H11NO5/c1-10(4-5-12,9(14)15)11-8(13)7-3-2-6-16-7/h2-3,5-6H,4H2,1H3,(H,11,13)(H,14,15)/t10-/m0/s1. The van der Waals surface area contributed by atoms with E-state index >= 15 is 0 Å². The summed E-state index contributed by atoms with van der Waals surface area (Å²) < 4.78 is 4.81. The van der Waals surface area contributed by atoms with Crippen LogP contribution in [0.3, 0.4) is 0 Å². The molecule has 86 valence electrons. The fourth-order valence-electron chi connectivity index (χ4n) is 1.08. The SMILES string of the molecule is C[C@@](CC=O)(NC(=O)c1ccco1)C(=O)O. The summed E-state index contributed by atoms with van der Waals surface area (Å²) in [7, 11) is 0. The Kier molecular flexibility index (Phi) is 3.44. The summed E-state index contributed by atoms with van der Waals surface area (Å²) in [6.07, 6.45) is 1.43. The highest BCUT2D eigenvalue weighted by Gasteiger charge is 2.35. The zero-order valence-corrected chi connectivity index (χ0v) is 8.60. The van der Waals surface area contributed by atoms with Gasteiger partial charge in [-0.05, 0) is 19.1 Å². The number of hydrogen-bond donors (Lipinski definition) is 2. The lowest BCUT2D eigenvalue weighted by atomic mass is 9.99. The van der Waals surface area contributed by atoms with Crippen LogP contribution < -0.4 is 5.32 Å². The number of rotatable bonds is 5. The molecule has 0 aliphatic heterocycles. The van der Waals surface area contributed by atoms with Gasteiger partial charge in [-0.3, -0.25) is 4.79 Å². The summed E-state index contributed by atoms with van der Waals surface area (Å²) in [4.78, 5) is 32.8. The number of furan rings is 1. The number of aliphatic carboxylic acids is 1. The van der Waals surface area contributed by atoms with E-state index in [1.807, 2.05) is 0 Å². The van der Waals surface area contributed by atoms with Gasteiger partial charge in [0.05, 0.1) is 6.26 Å². The third-order valence-corrected chi connectivity index (χ3v) is 2.10. The molecule has 1 aromatic rings. The van der Waals surface area contributed by atoms with Gasteiger partial charge in [-0.2, -0.15) is 0 Å². The monoisotopic (exact) mass is 225 g/mol. The van der Waals surface area contributed by atoms with E-state index in [0.29, 0.717) is 6.29 Å². The van der Waals surface area contributed by atoms with Crippen molar-refractivity contribution >= 4 is 18.2 Å². The molecule has 1 atom stereocenters. The minimum Gasteiger partial charge on any atom is -0.480 e. The van der Waals surface area contributed by atoms with Crippen molar-refractivity contribution in [1.82, 2.24) is 5.32 Å². The molecular formula is C10H11NO5. The summed E-state index contributed by atoms with van der Waals surface area (Å²) >= 11 is 0. The van der Waals surface area contributed by atoms with E-state index in [4.69, 9.17) is 9.52 Å². The Hall–Kier alpha value is -2.11. The third-order valence-electron chi connectivity index (χ3n) is 2.10. The first kappa shape index (κ1) is 12.0. The zero-order valence-electron chi connectivity index (χ0n) is 8.60. The molecule has 1 heterocycles. The molecular weight excluding hydrogens is 214 g/mol. The Balaban J connectivity index is 2.80. The Morgan fingerprint density at radius 2 is 2.31 bits per heavy atom. The Bertz CT molecular complexity index is 397. The molecule has 0 fully saturated rings. The van der Waals surface area contributed by atoms with E-state index in [-0.39, 0.29) is 12.2 Å². The van der Waals surface area contributed by atoms with Crippen molar-refractivity contribution < 1.29 is 23.9 Å². The van der Waals surface area contributed by atoms with Crippen LogP contribution in [-0.4, -0.2) is 28.8 Å². The maximum absolute atomic E-state index is 11.5. The number of nitrogens with one attached hydrogen (secondary N) is 1. The first-order chi connectivity index (χ1) is 7.49. The molecule has 0 saturated carbocycles. The normalized spacial score (nSPS) is 13.8. The minimum atomic E-state index is -1.62. The molecule has 16 heavy (non-hydrogen) atoms. The van der Waals surface area contributed by atoms with Gasteiger partial charge in [0.2, 0.25) is 0 Å². The molecule has 0 radical (unpaired) electrons. The van der Waals surface area contributed by atoms with E-state index in [1.165, 1.54) is 25.3 Å². The van der Waals surface area contributed by atoms with Crippen LogP contribution in [0.1, 0.15) is 23.9 Å². The maximum Gasteiger partial charge on any atom is 0.329 e. The van der Waals surface area contributed by atoms with Crippen LogP contribution in [-0.2, 0) is 9.59 Å². The van der Waals surface area contributed by atoms with Crippen molar-refractivity contribution in [3.05, 3.63) is 24.2 Å². The van der Waals surface area contributed by atoms with Crippen molar-refractivity contribution in [2.24, 2.45) is 0 Å². The van der Waals surface area contributed by atoms with Crippen molar-refractivity contribution in [2.75, 3.05) is 0 Å². The number of carbonyl (C=O) groups is 3. The summed E-state index contributed by atoms with van der Waals surface area (Å²) in [5, 5.41) is 11.1. The average Bonchev–Trinajstić information content (AvgIpc) is 2.70. The van der Waals surface area contributed by atoms with Crippen LogP contribution in [0, 0.1) is 0 Å². The molecule has 0 unspecified atom stereocenters. The molecule has 0 aliphatic carbocycles. The summed E-state index contributed by atoms with van der Waals surface area (Å²) in [5.41, 5.74) is -1.62. The molecule has 6 nitrogen and oxygen atoms in total. The topological polar surface area (TPSA) is 96.6 Å². The maximum atomic E-state index is 11.5. The first-order valence-corrected chi connectivity index (χ1v) is 4.52. The molecule has 2 N–H and O–H groups in total. The van der Waals surface area contributed by atoms with E-state index in [0.717, 1.165) is 0 Å². The molecule has 6 heteroatoms. The van der Waals surface area contributed by atoms with Crippen molar-refractivity contribution in [2.45, 2.75) is 18.9 Å².